The normalized spacial score (nSPS) is 24.8. The maximum Gasteiger partial charge on any atom is 0.306 e. The van der Waals surface area contributed by atoms with Crippen molar-refractivity contribution in [2.24, 2.45) is 11.7 Å². The second kappa shape index (κ2) is 5.31. The molecule has 1 aromatic heterocycles. The Morgan fingerprint density at radius 1 is 1.47 bits per heavy atom. The van der Waals surface area contributed by atoms with E-state index in [9.17, 15) is 4.79 Å². The van der Waals surface area contributed by atoms with E-state index in [4.69, 9.17) is 10.8 Å². The molecule has 17 heavy (non-hydrogen) atoms. The fourth-order valence-corrected chi connectivity index (χ4v) is 2.58. The van der Waals surface area contributed by atoms with Gasteiger partial charge in [0.05, 0.1) is 12.0 Å². The summed E-state index contributed by atoms with van der Waals surface area (Å²) in [6.07, 6.45) is 5.93. The highest BCUT2D eigenvalue weighted by Crippen LogP contribution is 2.32. The van der Waals surface area contributed by atoms with E-state index >= 15 is 0 Å². The van der Waals surface area contributed by atoms with Crippen LogP contribution in [0.2, 0.25) is 0 Å². The second-order valence-corrected chi connectivity index (χ2v) is 4.65. The van der Waals surface area contributed by atoms with Gasteiger partial charge < -0.3 is 10.8 Å². The van der Waals surface area contributed by atoms with E-state index in [1.165, 1.54) is 0 Å². The number of rotatable bonds is 4. The van der Waals surface area contributed by atoms with Gasteiger partial charge in [0.25, 0.3) is 0 Å². The first-order valence-electron chi connectivity index (χ1n) is 6.17. The molecule has 94 valence electrons. The summed E-state index contributed by atoms with van der Waals surface area (Å²) < 4.78 is 2.03. The zero-order valence-corrected chi connectivity index (χ0v) is 9.88. The monoisotopic (exact) mass is 237 g/mol. The third-order valence-electron chi connectivity index (χ3n) is 3.54. The van der Waals surface area contributed by atoms with Crippen LogP contribution in [0.5, 0.6) is 0 Å². The molecule has 1 aliphatic carbocycles. The number of nitrogens with two attached hydrogens (primary N) is 1. The maximum atomic E-state index is 10.9. The minimum Gasteiger partial charge on any atom is -0.481 e. The molecule has 1 heterocycles. The van der Waals surface area contributed by atoms with Crippen molar-refractivity contribution in [3.8, 4) is 0 Å². The number of aromatic nitrogens is 2. The lowest BCUT2D eigenvalue weighted by Crippen LogP contribution is -2.25. The molecule has 1 saturated carbocycles. The Kier molecular flexibility index (Phi) is 3.78. The molecule has 0 amide bonds. The second-order valence-electron chi connectivity index (χ2n) is 4.65. The zero-order valence-electron chi connectivity index (χ0n) is 9.88. The van der Waals surface area contributed by atoms with Gasteiger partial charge in [0, 0.05) is 18.3 Å². The number of carboxylic acid groups (broad SMARTS) is 1. The molecular weight excluding hydrogens is 218 g/mol. The average molecular weight is 237 g/mol. The van der Waals surface area contributed by atoms with Gasteiger partial charge in [-0.3, -0.25) is 9.48 Å². The predicted octanol–water partition coefficient (Wildman–Crippen LogP) is 1.20. The summed E-state index contributed by atoms with van der Waals surface area (Å²) in [5.41, 5.74) is 6.72. The minimum atomic E-state index is -0.661. The van der Waals surface area contributed by atoms with Crippen LogP contribution in [0.1, 0.15) is 37.4 Å². The van der Waals surface area contributed by atoms with E-state index in [1.807, 2.05) is 10.7 Å². The molecular formula is C12H19N3O2. The van der Waals surface area contributed by atoms with E-state index in [-0.39, 0.29) is 5.92 Å². The molecule has 0 saturated heterocycles. The van der Waals surface area contributed by atoms with Gasteiger partial charge in [0.1, 0.15) is 0 Å². The van der Waals surface area contributed by atoms with Crippen LogP contribution in [-0.2, 0) is 11.2 Å². The summed E-state index contributed by atoms with van der Waals surface area (Å²) in [7, 11) is 0. The third kappa shape index (κ3) is 2.66. The molecule has 2 rings (SSSR count). The van der Waals surface area contributed by atoms with E-state index in [0.29, 0.717) is 12.6 Å². The van der Waals surface area contributed by atoms with Crippen LogP contribution in [0.25, 0.3) is 0 Å². The predicted molar refractivity (Wildman–Crippen MR) is 63.6 cm³/mol. The molecule has 5 nitrogen and oxygen atoms in total. The molecule has 1 fully saturated rings. The van der Waals surface area contributed by atoms with Crippen LogP contribution < -0.4 is 5.73 Å². The van der Waals surface area contributed by atoms with Gasteiger partial charge in [-0.05, 0) is 38.3 Å². The number of aliphatic carboxylic acids is 1. The number of carbonyl (C=O) groups is 1. The molecule has 1 aromatic rings. The van der Waals surface area contributed by atoms with Crippen molar-refractivity contribution in [3.63, 3.8) is 0 Å². The van der Waals surface area contributed by atoms with Gasteiger partial charge in [-0.15, -0.1) is 0 Å². The quantitative estimate of drug-likeness (QED) is 0.824. The molecule has 0 atom stereocenters. The summed E-state index contributed by atoms with van der Waals surface area (Å²) in [5.74, 6) is -0.828. The van der Waals surface area contributed by atoms with E-state index < -0.39 is 5.97 Å². The van der Waals surface area contributed by atoms with Crippen LogP contribution in [0.3, 0.4) is 0 Å². The lowest BCUT2D eigenvalue weighted by atomic mass is 9.86. The molecule has 0 unspecified atom stereocenters. The maximum absolute atomic E-state index is 10.9. The Morgan fingerprint density at radius 2 is 2.18 bits per heavy atom. The Bertz CT molecular complexity index is 381. The highest BCUT2D eigenvalue weighted by atomic mass is 16.4. The summed E-state index contributed by atoms with van der Waals surface area (Å²) in [6.45, 7) is 0.621. The van der Waals surface area contributed by atoms with Gasteiger partial charge in [-0.1, -0.05) is 0 Å². The Labute approximate surface area is 101 Å². The number of nitrogens with zero attached hydrogens (tertiary/aromatic N) is 2. The highest BCUT2D eigenvalue weighted by molar-refractivity contribution is 5.70. The summed E-state index contributed by atoms with van der Waals surface area (Å²) in [4.78, 5) is 10.9. The first-order valence-corrected chi connectivity index (χ1v) is 6.17. The third-order valence-corrected chi connectivity index (χ3v) is 3.54. The van der Waals surface area contributed by atoms with Gasteiger partial charge >= 0.3 is 5.97 Å². The fraction of sp³-hybridized carbons (Fsp3) is 0.667. The first-order chi connectivity index (χ1) is 8.22. The van der Waals surface area contributed by atoms with Crippen molar-refractivity contribution < 1.29 is 9.90 Å². The smallest absolute Gasteiger partial charge is 0.306 e. The van der Waals surface area contributed by atoms with Crippen molar-refractivity contribution >= 4 is 5.97 Å². The lowest BCUT2D eigenvalue weighted by Gasteiger charge is -2.27. The summed E-state index contributed by atoms with van der Waals surface area (Å²) in [6, 6.07) is 2.35. The lowest BCUT2D eigenvalue weighted by molar-refractivity contribution is -0.143. The number of hydrogen-bond acceptors (Lipinski definition) is 3. The van der Waals surface area contributed by atoms with Crippen LogP contribution >= 0.6 is 0 Å². The SMILES string of the molecule is NCCc1ccnn1C1CCC(C(=O)O)CC1. The van der Waals surface area contributed by atoms with Gasteiger partial charge in [-0.25, -0.2) is 0 Å². The van der Waals surface area contributed by atoms with Crippen molar-refractivity contribution in [3.05, 3.63) is 18.0 Å². The average Bonchev–Trinajstić information content (AvgIpc) is 2.78. The van der Waals surface area contributed by atoms with E-state index in [1.54, 1.807) is 6.20 Å². The highest BCUT2D eigenvalue weighted by Gasteiger charge is 2.27. The van der Waals surface area contributed by atoms with Gasteiger partial charge in [-0.2, -0.15) is 5.10 Å². The van der Waals surface area contributed by atoms with Crippen LogP contribution in [0, 0.1) is 5.92 Å². The van der Waals surface area contributed by atoms with Crippen molar-refractivity contribution in [1.29, 1.82) is 0 Å². The van der Waals surface area contributed by atoms with Crippen molar-refractivity contribution in [2.75, 3.05) is 6.54 Å². The standard InChI is InChI=1S/C12H19N3O2/c13-7-5-11-6-8-14-15(11)10-3-1-9(2-4-10)12(16)17/h6,8-10H,1-5,7,13H2,(H,16,17). The summed E-state index contributed by atoms with van der Waals surface area (Å²) in [5, 5.41) is 13.3. The van der Waals surface area contributed by atoms with E-state index in [0.717, 1.165) is 37.8 Å². The van der Waals surface area contributed by atoms with E-state index in [2.05, 4.69) is 5.10 Å². The molecule has 1 aliphatic rings. The molecule has 0 aliphatic heterocycles. The Balaban J connectivity index is 2.00. The Hall–Kier alpha value is -1.36. The molecule has 3 N–H and O–H groups in total. The molecule has 0 aromatic carbocycles. The summed E-state index contributed by atoms with van der Waals surface area (Å²) >= 11 is 0. The largest absolute Gasteiger partial charge is 0.481 e. The van der Waals surface area contributed by atoms with Crippen LogP contribution in [-0.4, -0.2) is 27.4 Å². The van der Waals surface area contributed by atoms with Gasteiger partial charge in [0.15, 0.2) is 0 Å². The van der Waals surface area contributed by atoms with Gasteiger partial charge in [0.2, 0.25) is 0 Å². The first kappa shape index (κ1) is 12.1. The minimum absolute atomic E-state index is 0.167. The number of carboxylic acids is 1. The molecule has 0 radical (unpaired) electrons. The molecule has 0 bridgehead atoms. The van der Waals surface area contributed by atoms with Crippen LogP contribution in [0.15, 0.2) is 12.3 Å². The topological polar surface area (TPSA) is 81.1 Å². The Morgan fingerprint density at radius 3 is 2.76 bits per heavy atom. The van der Waals surface area contributed by atoms with Crippen LogP contribution in [0.4, 0.5) is 0 Å². The fourth-order valence-electron chi connectivity index (χ4n) is 2.58. The molecule has 5 heteroatoms. The zero-order chi connectivity index (χ0) is 12.3. The number of hydrogen-bond donors (Lipinski definition) is 2. The van der Waals surface area contributed by atoms with Crippen molar-refractivity contribution in [1.82, 2.24) is 9.78 Å². The molecule has 0 spiro atoms. The van der Waals surface area contributed by atoms with Crippen molar-refractivity contribution in [2.45, 2.75) is 38.1 Å².